The molecule has 0 fully saturated rings. The summed E-state index contributed by atoms with van der Waals surface area (Å²) in [5, 5.41) is 20.8. The molecule has 1 heterocycles. The van der Waals surface area contributed by atoms with Gasteiger partial charge in [0, 0.05) is 30.2 Å². The van der Waals surface area contributed by atoms with Crippen LogP contribution in [0.5, 0.6) is 5.75 Å². The lowest BCUT2D eigenvalue weighted by Gasteiger charge is -2.07. The Morgan fingerprint density at radius 3 is 2.83 bits per heavy atom. The number of nitrogens with zero attached hydrogens (tertiary/aromatic N) is 1. The molecule has 0 amide bonds. The quantitative estimate of drug-likeness (QED) is 0.630. The van der Waals surface area contributed by atoms with Crippen LogP contribution in [-0.2, 0) is 11.3 Å². The maximum atomic E-state index is 11.5. The molecule has 2 aromatic rings. The zero-order valence-electron chi connectivity index (χ0n) is 9.47. The van der Waals surface area contributed by atoms with Gasteiger partial charge in [-0.25, -0.2) is 0 Å². The Balaban J connectivity index is 2.78. The predicted octanol–water partition coefficient (Wildman–Crippen LogP) is 1.29. The second-order valence-electron chi connectivity index (χ2n) is 3.70. The van der Waals surface area contributed by atoms with Gasteiger partial charge in [-0.3, -0.25) is 14.9 Å². The minimum absolute atomic E-state index is 0.0457. The van der Waals surface area contributed by atoms with Gasteiger partial charge >= 0.3 is 0 Å². The number of benzene rings is 1. The number of fused-ring (bicyclic) bond motifs is 1. The fourth-order valence-corrected chi connectivity index (χ4v) is 1.75. The zero-order valence-corrected chi connectivity index (χ0v) is 9.47. The predicted molar refractivity (Wildman–Crippen MR) is 63.6 cm³/mol. The van der Waals surface area contributed by atoms with Gasteiger partial charge in [0.1, 0.15) is 0 Å². The average Bonchev–Trinajstić information content (AvgIpc) is 2.34. The number of hydrogen-bond acceptors (Lipinski definition) is 5. The number of nitrogens with one attached hydrogen (secondary N) is 1. The Morgan fingerprint density at radius 1 is 1.50 bits per heavy atom. The van der Waals surface area contributed by atoms with Crippen LogP contribution in [0.15, 0.2) is 23.0 Å². The van der Waals surface area contributed by atoms with Gasteiger partial charge in [0.2, 0.25) is 0 Å². The first kappa shape index (κ1) is 12.1. The van der Waals surface area contributed by atoms with E-state index in [0.29, 0.717) is 16.5 Å². The van der Waals surface area contributed by atoms with Crippen molar-refractivity contribution in [1.82, 2.24) is 4.98 Å². The van der Waals surface area contributed by atoms with E-state index in [1.54, 1.807) is 0 Å². The lowest BCUT2D eigenvalue weighted by molar-refractivity contribution is -0.384. The standard InChI is InChI=1S/C11H10N2O5/c1-18-5-8-7-3-2-6(13(16)17)4-9(7)12-11(15)10(8)14/h2-4,14H,5H2,1H3,(H,12,15). The molecule has 0 spiro atoms. The van der Waals surface area contributed by atoms with Crippen molar-refractivity contribution in [2.75, 3.05) is 7.11 Å². The molecule has 0 unspecified atom stereocenters. The van der Waals surface area contributed by atoms with Crippen molar-refractivity contribution in [3.05, 3.63) is 44.2 Å². The third-order valence-electron chi connectivity index (χ3n) is 2.58. The van der Waals surface area contributed by atoms with E-state index in [1.807, 2.05) is 0 Å². The molecule has 7 nitrogen and oxygen atoms in total. The highest BCUT2D eigenvalue weighted by molar-refractivity contribution is 5.85. The molecule has 0 saturated carbocycles. The van der Waals surface area contributed by atoms with Crippen molar-refractivity contribution in [2.45, 2.75) is 6.61 Å². The molecule has 2 rings (SSSR count). The molecule has 1 aromatic carbocycles. The molecular formula is C11H10N2O5. The Labute approximate surface area is 101 Å². The van der Waals surface area contributed by atoms with Gasteiger partial charge in [0.05, 0.1) is 17.0 Å². The number of pyridine rings is 1. The largest absolute Gasteiger partial charge is 0.503 e. The molecule has 0 aliphatic carbocycles. The molecular weight excluding hydrogens is 240 g/mol. The van der Waals surface area contributed by atoms with Crippen molar-refractivity contribution in [3.8, 4) is 5.75 Å². The van der Waals surface area contributed by atoms with Crippen LogP contribution in [0.4, 0.5) is 5.69 Å². The number of non-ortho nitro benzene ring substituents is 1. The van der Waals surface area contributed by atoms with Gasteiger partial charge < -0.3 is 14.8 Å². The van der Waals surface area contributed by atoms with Crippen LogP contribution in [0.25, 0.3) is 10.9 Å². The molecule has 0 radical (unpaired) electrons. The zero-order chi connectivity index (χ0) is 13.3. The highest BCUT2D eigenvalue weighted by atomic mass is 16.6. The number of methoxy groups -OCH3 is 1. The number of ether oxygens (including phenoxy) is 1. The van der Waals surface area contributed by atoms with Crippen LogP contribution in [-0.4, -0.2) is 22.1 Å². The van der Waals surface area contributed by atoms with E-state index in [1.165, 1.54) is 25.3 Å². The minimum Gasteiger partial charge on any atom is -0.503 e. The van der Waals surface area contributed by atoms with Crippen molar-refractivity contribution in [3.63, 3.8) is 0 Å². The third kappa shape index (κ3) is 1.91. The molecule has 1 aromatic heterocycles. The van der Waals surface area contributed by atoms with Crippen molar-refractivity contribution in [2.24, 2.45) is 0 Å². The minimum atomic E-state index is -0.699. The Bertz CT molecular complexity index is 677. The fraction of sp³-hybridized carbons (Fsp3) is 0.182. The summed E-state index contributed by atoms with van der Waals surface area (Å²) < 4.78 is 4.90. The maximum absolute atomic E-state index is 11.5. The molecule has 0 aliphatic heterocycles. The molecule has 0 bridgehead atoms. The molecule has 7 heteroatoms. The van der Waals surface area contributed by atoms with E-state index in [-0.39, 0.29) is 12.3 Å². The Kier molecular flexibility index (Phi) is 2.99. The van der Waals surface area contributed by atoms with E-state index in [4.69, 9.17) is 4.74 Å². The van der Waals surface area contributed by atoms with Crippen LogP contribution in [0.3, 0.4) is 0 Å². The van der Waals surface area contributed by atoms with Crippen LogP contribution < -0.4 is 5.56 Å². The van der Waals surface area contributed by atoms with Gasteiger partial charge in [-0.05, 0) is 6.07 Å². The molecule has 2 N–H and O–H groups in total. The van der Waals surface area contributed by atoms with Crippen molar-refractivity contribution in [1.29, 1.82) is 0 Å². The molecule has 0 aliphatic rings. The molecule has 94 valence electrons. The summed E-state index contributed by atoms with van der Waals surface area (Å²) in [5.74, 6) is -0.432. The number of hydrogen-bond donors (Lipinski definition) is 2. The summed E-state index contributed by atoms with van der Waals surface area (Å²) in [6.45, 7) is 0.0457. The highest BCUT2D eigenvalue weighted by Crippen LogP contribution is 2.26. The maximum Gasteiger partial charge on any atom is 0.290 e. The summed E-state index contributed by atoms with van der Waals surface area (Å²) in [6.07, 6.45) is 0. The monoisotopic (exact) mass is 250 g/mol. The SMILES string of the molecule is COCc1c(O)c(=O)[nH]c2cc([N+](=O)[O-])ccc12. The average molecular weight is 250 g/mol. The van der Waals surface area contributed by atoms with E-state index in [9.17, 15) is 20.0 Å². The summed E-state index contributed by atoms with van der Waals surface area (Å²) in [4.78, 5) is 24.0. The second-order valence-corrected chi connectivity index (χ2v) is 3.70. The van der Waals surface area contributed by atoms with E-state index >= 15 is 0 Å². The van der Waals surface area contributed by atoms with Crippen molar-refractivity contribution >= 4 is 16.6 Å². The van der Waals surface area contributed by atoms with Crippen LogP contribution in [0, 0.1) is 10.1 Å². The summed E-state index contributed by atoms with van der Waals surface area (Å²) >= 11 is 0. The number of rotatable bonds is 3. The Hall–Kier alpha value is -2.41. The smallest absolute Gasteiger partial charge is 0.290 e. The normalized spacial score (nSPS) is 10.7. The second kappa shape index (κ2) is 4.46. The van der Waals surface area contributed by atoms with E-state index in [0.717, 1.165) is 0 Å². The van der Waals surface area contributed by atoms with Crippen LogP contribution in [0.2, 0.25) is 0 Å². The number of nitro benzene ring substituents is 1. The lowest BCUT2D eigenvalue weighted by Crippen LogP contribution is -2.09. The first-order valence-corrected chi connectivity index (χ1v) is 5.05. The van der Waals surface area contributed by atoms with Gasteiger partial charge in [-0.2, -0.15) is 0 Å². The molecule has 0 atom stereocenters. The number of H-pyrrole nitrogens is 1. The topological polar surface area (TPSA) is 105 Å². The first-order chi connectivity index (χ1) is 8.54. The number of aromatic amines is 1. The van der Waals surface area contributed by atoms with Gasteiger partial charge in [-0.1, -0.05) is 0 Å². The van der Waals surface area contributed by atoms with E-state index in [2.05, 4.69) is 4.98 Å². The summed E-state index contributed by atoms with van der Waals surface area (Å²) in [6, 6.07) is 4.02. The summed E-state index contributed by atoms with van der Waals surface area (Å²) in [7, 11) is 1.43. The van der Waals surface area contributed by atoms with Gasteiger partial charge in [0.15, 0.2) is 5.75 Å². The van der Waals surface area contributed by atoms with Crippen LogP contribution in [0.1, 0.15) is 5.56 Å². The number of aromatic hydroxyl groups is 1. The Morgan fingerprint density at radius 2 is 2.22 bits per heavy atom. The van der Waals surface area contributed by atoms with Crippen molar-refractivity contribution < 1.29 is 14.8 Å². The number of aromatic nitrogens is 1. The molecule has 18 heavy (non-hydrogen) atoms. The fourth-order valence-electron chi connectivity index (χ4n) is 1.75. The van der Waals surface area contributed by atoms with Crippen LogP contribution >= 0.6 is 0 Å². The number of nitro groups is 1. The highest BCUT2D eigenvalue weighted by Gasteiger charge is 2.14. The van der Waals surface area contributed by atoms with Gasteiger partial charge in [0.25, 0.3) is 11.2 Å². The van der Waals surface area contributed by atoms with Gasteiger partial charge in [-0.15, -0.1) is 0 Å². The lowest BCUT2D eigenvalue weighted by atomic mass is 10.1. The molecule has 0 saturated heterocycles. The summed E-state index contributed by atoms with van der Waals surface area (Å²) in [5.41, 5.74) is -0.229. The third-order valence-corrected chi connectivity index (χ3v) is 2.58. The van der Waals surface area contributed by atoms with E-state index < -0.39 is 16.2 Å². The first-order valence-electron chi connectivity index (χ1n) is 5.05.